The molecule has 0 radical (unpaired) electrons. The molecule has 1 fully saturated rings. The molecule has 0 spiro atoms. The summed E-state index contributed by atoms with van der Waals surface area (Å²) in [6.07, 6.45) is 6.27. The molecular weight excluding hydrogens is 328 g/mol. The van der Waals surface area contributed by atoms with E-state index >= 15 is 0 Å². The molecule has 1 heterocycles. The Morgan fingerprint density at radius 2 is 2.04 bits per heavy atom. The summed E-state index contributed by atoms with van der Waals surface area (Å²) < 4.78 is 1.54. The van der Waals surface area contributed by atoms with E-state index in [1.807, 2.05) is 32.0 Å². The minimum atomic E-state index is -0.276. The lowest BCUT2D eigenvalue weighted by molar-refractivity contribution is 0.251. The zero-order valence-corrected chi connectivity index (χ0v) is 15.4. The fourth-order valence-electron chi connectivity index (χ4n) is 3.40. The van der Waals surface area contributed by atoms with Crippen LogP contribution in [0, 0.1) is 13.8 Å². The zero-order chi connectivity index (χ0) is 18.5. The van der Waals surface area contributed by atoms with Gasteiger partial charge in [0.15, 0.2) is 0 Å². The van der Waals surface area contributed by atoms with E-state index < -0.39 is 0 Å². The van der Waals surface area contributed by atoms with Crippen molar-refractivity contribution in [1.82, 2.24) is 14.9 Å². The van der Waals surface area contributed by atoms with Crippen molar-refractivity contribution in [2.45, 2.75) is 52.0 Å². The molecule has 0 saturated heterocycles. The van der Waals surface area contributed by atoms with E-state index in [2.05, 4.69) is 15.6 Å². The minimum Gasteiger partial charge on any atom is -0.336 e. The number of carbonyl (C=O) groups excluding carboxylic acids is 1. The number of hydrogen-bond donors (Lipinski definition) is 2. The van der Waals surface area contributed by atoms with E-state index in [-0.39, 0.29) is 11.6 Å². The van der Waals surface area contributed by atoms with Gasteiger partial charge in [-0.25, -0.2) is 9.78 Å². The Kier molecular flexibility index (Phi) is 5.71. The molecule has 6 nitrogen and oxygen atoms in total. The van der Waals surface area contributed by atoms with Gasteiger partial charge in [-0.05, 0) is 43.9 Å². The van der Waals surface area contributed by atoms with Crippen molar-refractivity contribution in [3.63, 3.8) is 0 Å². The predicted molar refractivity (Wildman–Crippen MR) is 103 cm³/mol. The highest BCUT2D eigenvalue weighted by molar-refractivity contribution is 5.90. The summed E-state index contributed by atoms with van der Waals surface area (Å²) >= 11 is 0. The van der Waals surface area contributed by atoms with E-state index in [9.17, 15) is 9.59 Å². The maximum atomic E-state index is 12.2. The van der Waals surface area contributed by atoms with Crippen LogP contribution in [0.15, 0.2) is 35.4 Å². The molecule has 1 aromatic heterocycles. The van der Waals surface area contributed by atoms with Gasteiger partial charge in [-0.3, -0.25) is 9.36 Å². The third-order valence-electron chi connectivity index (χ3n) is 5.17. The second-order valence-corrected chi connectivity index (χ2v) is 6.96. The molecule has 26 heavy (non-hydrogen) atoms. The number of anilines is 1. The number of carbonyl (C=O) groups is 1. The van der Waals surface area contributed by atoms with E-state index in [1.54, 1.807) is 12.4 Å². The van der Waals surface area contributed by atoms with E-state index in [4.69, 9.17) is 0 Å². The number of rotatable bonds is 5. The number of aryl methyl sites for hydroxylation is 1. The van der Waals surface area contributed by atoms with Crippen LogP contribution in [0.3, 0.4) is 0 Å². The average molecular weight is 354 g/mol. The minimum absolute atomic E-state index is 0.0568. The number of hydrogen-bond acceptors (Lipinski definition) is 3. The quantitative estimate of drug-likeness (QED) is 0.865. The number of nitrogens with one attached hydrogen (secondary N) is 2. The lowest BCUT2D eigenvalue weighted by Gasteiger charge is -2.12. The van der Waals surface area contributed by atoms with Crippen LogP contribution < -0.4 is 16.2 Å². The van der Waals surface area contributed by atoms with Crippen molar-refractivity contribution >= 4 is 11.7 Å². The molecule has 2 aromatic rings. The Bertz CT molecular complexity index is 838. The van der Waals surface area contributed by atoms with Crippen molar-refractivity contribution in [2.75, 3.05) is 11.9 Å². The Hall–Kier alpha value is -2.63. The van der Waals surface area contributed by atoms with Crippen LogP contribution in [0.1, 0.15) is 48.4 Å². The normalized spacial score (nSPS) is 14.4. The van der Waals surface area contributed by atoms with E-state index in [1.165, 1.54) is 17.4 Å². The first-order valence-corrected chi connectivity index (χ1v) is 9.22. The summed E-state index contributed by atoms with van der Waals surface area (Å²) in [7, 11) is 0. The second kappa shape index (κ2) is 8.17. The van der Waals surface area contributed by atoms with Crippen molar-refractivity contribution in [3.8, 4) is 0 Å². The Morgan fingerprint density at radius 3 is 2.77 bits per heavy atom. The van der Waals surface area contributed by atoms with Crippen LogP contribution in [0.4, 0.5) is 10.5 Å². The molecule has 3 rings (SSSR count). The molecular formula is C20H26N4O2. The third-order valence-corrected chi connectivity index (χ3v) is 5.17. The molecule has 1 aliphatic rings. The summed E-state index contributed by atoms with van der Waals surface area (Å²) in [5.74, 6) is 0.429. The smallest absolute Gasteiger partial charge is 0.319 e. The van der Waals surface area contributed by atoms with Gasteiger partial charge in [0.1, 0.15) is 0 Å². The highest BCUT2D eigenvalue weighted by Crippen LogP contribution is 2.32. The topological polar surface area (TPSA) is 76.0 Å². The van der Waals surface area contributed by atoms with Crippen LogP contribution >= 0.6 is 0 Å². The van der Waals surface area contributed by atoms with Gasteiger partial charge in [0.2, 0.25) is 0 Å². The van der Waals surface area contributed by atoms with Crippen LogP contribution in [-0.4, -0.2) is 22.1 Å². The molecule has 2 amide bonds. The third kappa shape index (κ3) is 4.31. The number of benzene rings is 1. The standard InChI is InChI=1S/C20H26N4O2/c1-14-6-5-9-17(15(14)2)23-20(26)21-10-11-24-13-22-18(12-19(24)25)16-7-3-4-8-16/h5-6,9,12-13,16H,3-4,7-8,10-11H2,1-2H3,(H2,21,23,26). The molecule has 0 bridgehead atoms. The van der Waals surface area contributed by atoms with E-state index in [0.29, 0.717) is 19.0 Å². The summed E-state index contributed by atoms with van der Waals surface area (Å²) in [6.45, 7) is 4.74. The van der Waals surface area contributed by atoms with Crippen LogP contribution in [0.2, 0.25) is 0 Å². The molecule has 138 valence electrons. The highest BCUT2D eigenvalue weighted by Gasteiger charge is 2.18. The first kappa shape index (κ1) is 18.2. The summed E-state index contributed by atoms with van der Waals surface area (Å²) in [5.41, 5.74) is 3.82. The first-order chi connectivity index (χ1) is 12.5. The van der Waals surface area contributed by atoms with Gasteiger partial charge < -0.3 is 10.6 Å². The van der Waals surface area contributed by atoms with Crippen molar-refractivity contribution in [1.29, 1.82) is 0 Å². The Labute approximate surface area is 153 Å². The number of aromatic nitrogens is 2. The molecule has 1 aliphatic carbocycles. The lowest BCUT2D eigenvalue weighted by Crippen LogP contribution is -2.34. The molecule has 6 heteroatoms. The fraction of sp³-hybridized carbons (Fsp3) is 0.450. The van der Waals surface area contributed by atoms with Gasteiger partial charge in [-0.15, -0.1) is 0 Å². The Morgan fingerprint density at radius 1 is 1.27 bits per heavy atom. The predicted octanol–water partition coefficient (Wildman–Crippen LogP) is 3.34. The van der Waals surface area contributed by atoms with Gasteiger partial charge in [0, 0.05) is 30.8 Å². The summed E-state index contributed by atoms with van der Waals surface area (Å²) in [6, 6.07) is 7.16. The summed E-state index contributed by atoms with van der Waals surface area (Å²) in [5, 5.41) is 5.63. The number of nitrogens with zero attached hydrogens (tertiary/aromatic N) is 2. The molecule has 0 unspecified atom stereocenters. The highest BCUT2D eigenvalue weighted by atomic mass is 16.2. The fourth-order valence-corrected chi connectivity index (χ4v) is 3.40. The second-order valence-electron chi connectivity index (χ2n) is 6.96. The van der Waals surface area contributed by atoms with Gasteiger partial charge in [-0.1, -0.05) is 25.0 Å². The molecule has 0 aliphatic heterocycles. The van der Waals surface area contributed by atoms with Crippen LogP contribution in [-0.2, 0) is 6.54 Å². The molecule has 1 saturated carbocycles. The van der Waals surface area contributed by atoms with Gasteiger partial charge in [0.25, 0.3) is 5.56 Å². The van der Waals surface area contributed by atoms with Crippen molar-refractivity contribution < 1.29 is 4.79 Å². The van der Waals surface area contributed by atoms with Crippen LogP contribution in [0.25, 0.3) is 0 Å². The SMILES string of the molecule is Cc1cccc(NC(=O)NCCn2cnc(C3CCCC3)cc2=O)c1C. The van der Waals surface area contributed by atoms with Gasteiger partial charge in [-0.2, -0.15) is 0 Å². The number of urea groups is 1. The zero-order valence-electron chi connectivity index (χ0n) is 15.4. The monoisotopic (exact) mass is 354 g/mol. The van der Waals surface area contributed by atoms with Crippen LogP contribution in [0.5, 0.6) is 0 Å². The molecule has 0 atom stereocenters. The van der Waals surface area contributed by atoms with Gasteiger partial charge >= 0.3 is 6.03 Å². The largest absolute Gasteiger partial charge is 0.336 e. The first-order valence-electron chi connectivity index (χ1n) is 9.22. The lowest BCUT2D eigenvalue weighted by atomic mass is 10.0. The average Bonchev–Trinajstić information content (AvgIpc) is 3.15. The van der Waals surface area contributed by atoms with E-state index in [0.717, 1.165) is 35.3 Å². The molecule has 2 N–H and O–H groups in total. The molecule has 1 aromatic carbocycles. The number of amides is 2. The van der Waals surface area contributed by atoms with Gasteiger partial charge in [0.05, 0.1) is 12.0 Å². The maximum absolute atomic E-state index is 12.2. The summed E-state index contributed by atoms with van der Waals surface area (Å²) in [4.78, 5) is 28.7. The Balaban J connectivity index is 1.52. The maximum Gasteiger partial charge on any atom is 0.319 e. The van der Waals surface area contributed by atoms with Crippen molar-refractivity contribution in [3.05, 3.63) is 57.8 Å². The van der Waals surface area contributed by atoms with Crippen molar-refractivity contribution in [2.24, 2.45) is 0 Å².